The normalized spacial score (nSPS) is 11.6. The van der Waals surface area contributed by atoms with Crippen molar-refractivity contribution < 1.29 is 13.6 Å². The number of hydrogen-bond donors (Lipinski definition) is 3. The lowest BCUT2D eigenvalue weighted by Crippen LogP contribution is -2.42. The maximum Gasteiger partial charge on any atom is 0.330 e. The number of aromatic amines is 2. The molecule has 9 nitrogen and oxygen atoms in total. The number of fused-ring (bicyclic) bond motifs is 1. The van der Waals surface area contributed by atoms with Crippen molar-refractivity contribution in [2.75, 3.05) is 17.2 Å². The number of nitrogens with one attached hydrogen (secondary N) is 2. The number of carbonyl (C=O) groups is 1. The zero-order chi connectivity index (χ0) is 23.6. The van der Waals surface area contributed by atoms with Gasteiger partial charge in [0, 0.05) is 18.7 Å². The fraction of sp³-hybridized carbons (Fsp3) is 0.429. The first kappa shape index (κ1) is 23.2. The van der Waals surface area contributed by atoms with Gasteiger partial charge in [0.2, 0.25) is 0 Å². The van der Waals surface area contributed by atoms with Gasteiger partial charge in [-0.05, 0) is 30.5 Å². The van der Waals surface area contributed by atoms with E-state index >= 15 is 0 Å². The molecule has 11 heteroatoms. The average molecular weight is 448 g/mol. The first-order chi connectivity index (χ1) is 15.1. The Morgan fingerprint density at radius 1 is 1.25 bits per heavy atom. The number of alkyl halides is 2. The monoisotopic (exact) mass is 448 g/mol. The molecule has 0 fully saturated rings. The van der Waals surface area contributed by atoms with Crippen LogP contribution < -0.4 is 21.9 Å². The Balaban J connectivity index is 2.11. The molecule has 0 aliphatic carbocycles. The van der Waals surface area contributed by atoms with E-state index in [0.717, 1.165) is 6.42 Å². The van der Waals surface area contributed by atoms with Crippen LogP contribution in [0, 0.1) is 5.92 Å². The molecule has 172 valence electrons. The van der Waals surface area contributed by atoms with Crippen LogP contribution in [0.15, 0.2) is 27.8 Å². The van der Waals surface area contributed by atoms with E-state index in [9.17, 15) is 23.2 Å². The Bertz CT molecular complexity index is 1240. The van der Waals surface area contributed by atoms with Crippen molar-refractivity contribution in [1.29, 1.82) is 0 Å². The van der Waals surface area contributed by atoms with E-state index in [1.807, 2.05) is 20.8 Å². The van der Waals surface area contributed by atoms with Crippen molar-refractivity contribution in [3.05, 3.63) is 50.4 Å². The van der Waals surface area contributed by atoms with Gasteiger partial charge in [0.05, 0.1) is 11.0 Å². The second kappa shape index (κ2) is 9.33. The number of rotatable bonds is 8. The highest BCUT2D eigenvalue weighted by Crippen LogP contribution is 2.24. The minimum Gasteiger partial charge on any atom is -0.383 e. The smallest absolute Gasteiger partial charge is 0.330 e. The van der Waals surface area contributed by atoms with Gasteiger partial charge in [0.15, 0.2) is 11.5 Å². The number of nitrogen functional groups attached to an aromatic ring is 1. The highest BCUT2D eigenvalue weighted by atomic mass is 19.3. The number of benzene rings is 1. The number of hydrogen-bond acceptors (Lipinski definition) is 5. The number of anilines is 2. The van der Waals surface area contributed by atoms with Gasteiger partial charge in [-0.2, -0.15) is 0 Å². The third kappa shape index (κ3) is 4.56. The Morgan fingerprint density at radius 2 is 1.97 bits per heavy atom. The van der Waals surface area contributed by atoms with Gasteiger partial charge in [0.1, 0.15) is 5.82 Å². The first-order valence-electron chi connectivity index (χ1n) is 10.4. The molecule has 0 saturated carbocycles. The quantitative estimate of drug-likeness (QED) is 0.488. The SMILES string of the molecule is CCCCn1c(N)c(N(CC(C)C)C(=O)c2ccc3nc(C(F)F)[nH]c3c2)c(=O)[nH]c1=O. The number of amides is 1. The second-order valence-corrected chi connectivity index (χ2v) is 7.96. The van der Waals surface area contributed by atoms with Crippen LogP contribution in [-0.2, 0) is 6.54 Å². The molecule has 1 aromatic carbocycles. The topological polar surface area (TPSA) is 130 Å². The molecular weight excluding hydrogens is 422 g/mol. The van der Waals surface area contributed by atoms with E-state index in [0.29, 0.717) is 13.0 Å². The van der Waals surface area contributed by atoms with Crippen molar-refractivity contribution in [2.45, 2.75) is 46.6 Å². The molecule has 0 saturated heterocycles. The van der Waals surface area contributed by atoms with E-state index < -0.39 is 29.4 Å². The molecule has 3 rings (SSSR count). The number of imidazole rings is 1. The lowest BCUT2D eigenvalue weighted by Gasteiger charge is -2.26. The summed E-state index contributed by atoms with van der Waals surface area (Å²) in [6.07, 6.45) is -1.31. The summed E-state index contributed by atoms with van der Waals surface area (Å²) in [4.78, 5) is 48.2. The standard InChI is InChI=1S/C21H26F2N6O3/c1-4-5-8-28-17(24)15(19(30)27-21(28)32)29(10-11(2)3)20(31)12-6-7-13-14(9-12)26-18(25-13)16(22)23/h6-7,9,11,16H,4-5,8,10,24H2,1-3H3,(H,25,26)(H,27,30,32). The highest BCUT2D eigenvalue weighted by Gasteiger charge is 2.26. The molecule has 0 radical (unpaired) electrons. The van der Waals surface area contributed by atoms with E-state index in [2.05, 4.69) is 15.0 Å². The van der Waals surface area contributed by atoms with Crippen LogP contribution >= 0.6 is 0 Å². The van der Waals surface area contributed by atoms with Gasteiger partial charge in [-0.1, -0.05) is 27.2 Å². The number of aromatic nitrogens is 4. The average Bonchev–Trinajstić information content (AvgIpc) is 3.15. The largest absolute Gasteiger partial charge is 0.383 e. The number of halogens is 2. The Kier molecular flexibility index (Phi) is 6.75. The summed E-state index contributed by atoms with van der Waals surface area (Å²) in [5, 5.41) is 0. The zero-order valence-electron chi connectivity index (χ0n) is 18.1. The van der Waals surface area contributed by atoms with E-state index in [-0.39, 0.29) is 40.6 Å². The number of H-pyrrole nitrogens is 2. The predicted octanol–water partition coefficient (Wildman–Crippen LogP) is 3.04. The van der Waals surface area contributed by atoms with Gasteiger partial charge in [0.25, 0.3) is 17.9 Å². The highest BCUT2D eigenvalue weighted by molar-refractivity contribution is 6.08. The molecule has 0 unspecified atom stereocenters. The van der Waals surface area contributed by atoms with Crippen LogP contribution in [0.4, 0.5) is 20.3 Å². The number of nitrogens with two attached hydrogens (primary N) is 1. The van der Waals surface area contributed by atoms with Gasteiger partial charge in [-0.25, -0.2) is 18.6 Å². The maximum atomic E-state index is 13.4. The van der Waals surface area contributed by atoms with Crippen LogP contribution in [0.2, 0.25) is 0 Å². The van der Waals surface area contributed by atoms with Crippen molar-refractivity contribution in [3.8, 4) is 0 Å². The van der Waals surface area contributed by atoms with Crippen LogP contribution in [-0.4, -0.2) is 32.0 Å². The van der Waals surface area contributed by atoms with Gasteiger partial charge < -0.3 is 15.6 Å². The van der Waals surface area contributed by atoms with Crippen LogP contribution in [0.25, 0.3) is 11.0 Å². The first-order valence-corrected chi connectivity index (χ1v) is 10.4. The zero-order valence-corrected chi connectivity index (χ0v) is 18.1. The van der Waals surface area contributed by atoms with Crippen molar-refractivity contribution in [3.63, 3.8) is 0 Å². The molecule has 0 spiro atoms. The third-order valence-corrected chi connectivity index (χ3v) is 4.97. The van der Waals surface area contributed by atoms with E-state index in [1.165, 1.54) is 27.7 Å². The molecule has 32 heavy (non-hydrogen) atoms. The number of carbonyl (C=O) groups excluding carboxylic acids is 1. The van der Waals surface area contributed by atoms with Crippen molar-refractivity contribution in [2.24, 2.45) is 5.92 Å². The second-order valence-electron chi connectivity index (χ2n) is 7.96. The Labute approximate surface area is 182 Å². The number of unbranched alkanes of at least 4 members (excludes halogenated alkanes) is 1. The molecule has 4 N–H and O–H groups in total. The lowest BCUT2D eigenvalue weighted by atomic mass is 10.1. The molecule has 0 bridgehead atoms. The summed E-state index contributed by atoms with van der Waals surface area (Å²) in [6, 6.07) is 4.31. The van der Waals surface area contributed by atoms with Gasteiger partial charge in [-0.3, -0.25) is 19.1 Å². The Hall–Kier alpha value is -3.50. The molecular formula is C21H26F2N6O3. The lowest BCUT2D eigenvalue weighted by molar-refractivity contribution is 0.0983. The predicted molar refractivity (Wildman–Crippen MR) is 118 cm³/mol. The molecule has 3 aromatic rings. The third-order valence-electron chi connectivity index (χ3n) is 4.97. The van der Waals surface area contributed by atoms with E-state index in [1.54, 1.807) is 0 Å². The minimum absolute atomic E-state index is 0.0323. The van der Waals surface area contributed by atoms with Crippen molar-refractivity contribution in [1.82, 2.24) is 19.5 Å². The molecule has 0 atom stereocenters. The minimum atomic E-state index is -2.78. The molecule has 0 aliphatic heterocycles. The maximum absolute atomic E-state index is 13.4. The molecule has 2 aromatic heterocycles. The van der Waals surface area contributed by atoms with Crippen LogP contribution in [0.5, 0.6) is 0 Å². The summed E-state index contributed by atoms with van der Waals surface area (Å²) in [5.41, 5.74) is 5.39. The van der Waals surface area contributed by atoms with Crippen LogP contribution in [0.1, 0.15) is 56.2 Å². The fourth-order valence-corrected chi connectivity index (χ4v) is 3.44. The summed E-state index contributed by atoms with van der Waals surface area (Å²) in [7, 11) is 0. The van der Waals surface area contributed by atoms with E-state index in [4.69, 9.17) is 5.73 Å². The molecule has 2 heterocycles. The summed E-state index contributed by atoms with van der Waals surface area (Å²) in [6.45, 7) is 6.13. The molecule has 0 aliphatic rings. The molecule has 1 amide bonds. The van der Waals surface area contributed by atoms with Crippen molar-refractivity contribution >= 4 is 28.4 Å². The van der Waals surface area contributed by atoms with Crippen LogP contribution in [0.3, 0.4) is 0 Å². The van der Waals surface area contributed by atoms with Gasteiger partial charge >= 0.3 is 5.69 Å². The Morgan fingerprint density at radius 3 is 2.59 bits per heavy atom. The van der Waals surface area contributed by atoms with Gasteiger partial charge in [-0.15, -0.1) is 0 Å². The number of nitrogens with zero attached hydrogens (tertiary/aromatic N) is 3. The fourth-order valence-electron chi connectivity index (χ4n) is 3.44. The summed E-state index contributed by atoms with van der Waals surface area (Å²) in [5.74, 6) is -1.17. The summed E-state index contributed by atoms with van der Waals surface area (Å²) >= 11 is 0. The summed E-state index contributed by atoms with van der Waals surface area (Å²) < 4.78 is 27.2.